The lowest BCUT2D eigenvalue weighted by molar-refractivity contribution is -0.139. The van der Waals surface area contributed by atoms with Crippen LogP contribution in [-0.2, 0) is 9.53 Å². The zero-order chi connectivity index (χ0) is 17.9. The topological polar surface area (TPSA) is 78.5 Å². The van der Waals surface area contributed by atoms with E-state index in [-0.39, 0.29) is 17.2 Å². The highest BCUT2D eigenvalue weighted by Crippen LogP contribution is 2.39. The molecule has 7 nitrogen and oxygen atoms in total. The second kappa shape index (κ2) is 7.56. The Labute approximate surface area is 148 Å². The van der Waals surface area contributed by atoms with Gasteiger partial charge >= 0.3 is 0 Å². The highest BCUT2D eigenvalue weighted by molar-refractivity contribution is 5.92. The van der Waals surface area contributed by atoms with E-state index in [0.717, 1.165) is 51.0 Å². The molecule has 0 aliphatic carbocycles. The number of methoxy groups -OCH3 is 1. The van der Waals surface area contributed by atoms with Gasteiger partial charge in [-0.2, -0.15) is 5.10 Å². The summed E-state index contributed by atoms with van der Waals surface area (Å²) in [6.45, 7) is 5.53. The number of nitrogens with zero attached hydrogens (tertiary/aromatic N) is 3. The molecule has 138 valence electrons. The molecule has 1 spiro atoms. The molecule has 0 bridgehead atoms. The van der Waals surface area contributed by atoms with Gasteiger partial charge in [0.15, 0.2) is 0 Å². The Balaban J connectivity index is 1.66. The van der Waals surface area contributed by atoms with Gasteiger partial charge in [0.25, 0.3) is 5.91 Å². The molecule has 2 saturated heterocycles. The molecule has 3 heterocycles. The van der Waals surface area contributed by atoms with Crippen LogP contribution in [0.1, 0.15) is 48.3 Å². The minimum atomic E-state index is -0.00809. The molecule has 0 radical (unpaired) electrons. The summed E-state index contributed by atoms with van der Waals surface area (Å²) in [5.41, 5.74) is 1.40. The van der Waals surface area contributed by atoms with E-state index in [1.54, 1.807) is 13.2 Å². The zero-order valence-electron chi connectivity index (χ0n) is 15.2. The first-order valence-corrected chi connectivity index (χ1v) is 9.11. The maximum atomic E-state index is 12.7. The van der Waals surface area contributed by atoms with Gasteiger partial charge in [-0.05, 0) is 38.7 Å². The van der Waals surface area contributed by atoms with Gasteiger partial charge in [0.2, 0.25) is 5.91 Å². The Bertz CT molecular complexity index is 630. The number of aromatic amines is 1. The van der Waals surface area contributed by atoms with Crippen LogP contribution in [0, 0.1) is 12.3 Å². The van der Waals surface area contributed by atoms with Crippen LogP contribution < -0.4 is 0 Å². The van der Waals surface area contributed by atoms with E-state index in [2.05, 4.69) is 10.2 Å². The van der Waals surface area contributed by atoms with Crippen molar-refractivity contribution >= 4 is 11.8 Å². The fourth-order valence-electron chi connectivity index (χ4n) is 4.11. The van der Waals surface area contributed by atoms with E-state index in [1.807, 2.05) is 16.7 Å². The summed E-state index contributed by atoms with van der Waals surface area (Å²) in [7, 11) is 1.68. The number of aryl methyl sites for hydroxylation is 1. The largest absolute Gasteiger partial charge is 0.385 e. The second-order valence-electron chi connectivity index (χ2n) is 7.43. The van der Waals surface area contributed by atoms with Crippen molar-refractivity contribution in [1.29, 1.82) is 0 Å². The van der Waals surface area contributed by atoms with Crippen LogP contribution in [0.4, 0.5) is 0 Å². The summed E-state index contributed by atoms with van der Waals surface area (Å²) < 4.78 is 5.10. The molecule has 1 N–H and O–H groups in total. The molecule has 0 unspecified atom stereocenters. The minimum Gasteiger partial charge on any atom is -0.385 e. The number of H-pyrrole nitrogens is 1. The van der Waals surface area contributed by atoms with Gasteiger partial charge < -0.3 is 14.5 Å². The standard InChI is InChI=1S/C18H28N4O3/c1-14-11-15(20-19-14)17(24)22-8-3-6-18(13-22)7-5-16(23)21(12-18)9-4-10-25-2/h11H,3-10,12-13H2,1-2H3,(H,19,20)/t18-/m0/s1. The van der Waals surface area contributed by atoms with E-state index in [4.69, 9.17) is 4.74 Å². The van der Waals surface area contributed by atoms with Crippen molar-refractivity contribution < 1.29 is 14.3 Å². The molecule has 3 rings (SSSR count). The van der Waals surface area contributed by atoms with Gasteiger partial charge in [-0.3, -0.25) is 14.7 Å². The molecule has 0 aromatic carbocycles. The van der Waals surface area contributed by atoms with E-state index in [0.29, 0.717) is 25.3 Å². The third kappa shape index (κ3) is 4.03. The summed E-state index contributed by atoms with van der Waals surface area (Å²) >= 11 is 0. The summed E-state index contributed by atoms with van der Waals surface area (Å²) in [5.74, 6) is 0.222. The van der Waals surface area contributed by atoms with E-state index in [1.165, 1.54) is 0 Å². The van der Waals surface area contributed by atoms with Gasteiger partial charge in [0, 0.05) is 57.4 Å². The molecule has 2 fully saturated rings. The predicted octanol–water partition coefficient (Wildman–Crippen LogP) is 1.60. The lowest BCUT2D eigenvalue weighted by atomic mass is 9.73. The van der Waals surface area contributed by atoms with Crippen molar-refractivity contribution in [1.82, 2.24) is 20.0 Å². The van der Waals surface area contributed by atoms with E-state index >= 15 is 0 Å². The molecule has 0 saturated carbocycles. The van der Waals surface area contributed by atoms with Crippen molar-refractivity contribution in [2.45, 2.75) is 39.0 Å². The quantitative estimate of drug-likeness (QED) is 0.820. The average Bonchev–Trinajstić information content (AvgIpc) is 3.04. The Morgan fingerprint density at radius 1 is 1.40 bits per heavy atom. The molecule has 25 heavy (non-hydrogen) atoms. The van der Waals surface area contributed by atoms with Crippen molar-refractivity contribution in [2.75, 3.05) is 39.9 Å². The van der Waals surface area contributed by atoms with Crippen molar-refractivity contribution in [2.24, 2.45) is 5.41 Å². The smallest absolute Gasteiger partial charge is 0.274 e. The molecular formula is C18H28N4O3. The lowest BCUT2D eigenvalue weighted by Crippen LogP contribution is -2.55. The summed E-state index contributed by atoms with van der Waals surface area (Å²) in [5, 5.41) is 6.95. The number of nitrogens with one attached hydrogen (secondary N) is 1. The SMILES string of the molecule is COCCCN1C[C@]2(CCCN(C(=O)c3cc(C)[nH]n3)C2)CCC1=O. The van der Waals surface area contributed by atoms with Gasteiger partial charge in [0.05, 0.1) is 0 Å². The molecule has 1 atom stereocenters. The van der Waals surface area contributed by atoms with Crippen LogP contribution in [0.2, 0.25) is 0 Å². The van der Waals surface area contributed by atoms with E-state index < -0.39 is 0 Å². The number of piperidine rings is 2. The van der Waals surface area contributed by atoms with Crippen LogP contribution in [0.15, 0.2) is 6.07 Å². The van der Waals surface area contributed by atoms with Crippen molar-refractivity contribution in [3.63, 3.8) is 0 Å². The normalized spacial score (nSPS) is 24.2. The van der Waals surface area contributed by atoms with E-state index in [9.17, 15) is 9.59 Å². The zero-order valence-corrected chi connectivity index (χ0v) is 15.2. The number of carbonyl (C=O) groups is 2. The van der Waals surface area contributed by atoms with Gasteiger partial charge in [0.1, 0.15) is 5.69 Å². The number of ether oxygens (including phenoxy) is 1. The number of carbonyl (C=O) groups excluding carboxylic acids is 2. The second-order valence-corrected chi connectivity index (χ2v) is 7.43. The molecule has 1 aromatic heterocycles. The fourth-order valence-corrected chi connectivity index (χ4v) is 4.11. The maximum absolute atomic E-state index is 12.7. The first-order chi connectivity index (χ1) is 12.0. The first kappa shape index (κ1) is 17.9. The Morgan fingerprint density at radius 2 is 2.24 bits per heavy atom. The number of amides is 2. The van der Waals surface area contributed by atoms with Gasteiger partial charge in [-0.15, -0.1) is 0 Å². The average molecular weight is 348 g/mol. The predicted molar refractivity (Wildman–Crippen MR) is 93.2 cm³/mol. The third-order valence-electron chi connectivity index (χ3n) is 5.40. The first-order valence-electron chi connectivity index (χ1n) is 9.11. The summed E-state index contributed by atoms with van der Waals surface area (Å²) in [4.78, 5) is 28.9. The van der Waals surface area contributed by atoms with Crippen LogP contribution in [0.5, 0.6) is 0 Å². The van der Waals surface area contributed by atoms with Crippen LogP contribution >= 0.6 is 0 Å². The number of aromatic nitrogens is 2. The summed E-state index contributed by atoms with van der Waals surface area (Å²) in [6.07, 6.45) is 4.36. The maximum Gasteiger partial charge on any atom is 0.274 e. The molecule has 2 amide bonds. The molecule has 2 aliphatic rings. The highest BCUT2D eigenvalue weighted by Gasteiger charge is 2.42. The summed E-state index contributed by atoms with van der Waals surface area (Å²) in [6, 6.07) is 1.80. The number of hydrogen-bond donors (Lipinski definition) is 1. The molecule has 2 aliphatic heterocycles. The monoisotopic (exact) mass is 348 g/mol. The fraction of sp³-hybridized carbons (Fsp3) is 0.722. The van der Waals surface area contributed by atoms with Crippen molar-refractivity contribution in [3.05, 3.63) is 17.5 Å². The van der Waals surface area contributed by atoms with Crippen molar-refractivity contribution in [3.8, 4) is 0 Å². The van der Waals surface area contributed by atoms with Gasteiger partial charge in [-0.25, -0.2) is 0 Å². The molecular weight excluding hydrogens is 320 g/mol. The Hall–Kier alpha value is -1.89. The highest BCUT2D eigenvalue weighted by atomic mass is 16.5. The lowest BCUT2D eigenvalue weighted by Gasteiger charge is -2.48. The number of hydrogen-bond acceptors (Lipinski definition) is 4. The third-order valence-corrected chi connectivity index (χ3v) is 5.40. The van der Waals surface area contributed by atoms with Crippen LogP contribution in [0.25, 0.3) is 0 Å². The Morgan fingerprint density at radius 3 is 2.96 bits per heavy atom. The van der Waals surface area contributed by atoms with Crippen LogP contribution in [0.3, 0.4) is 0 Å². The van der Waals surface area contributed by atoms with Gasteiger partial charge in [-0.1, -0.05) is 0 Å². The van der Waals surface area contributed by atoms with Crippen LogP contribution in [-0.4, -0.2) is 71.7 Å². The molecule has 7 heteroatoms. The Kier molecular flexibility index (Phi) is 5.42. The number of rotatable bonds is 5. The number of likely N-dealkylation sites (tertiary alicyclic amines) is 2. The molecule has 1 aromatic rings. The minimum absolute atomic E-state index is 0.00809.